The molecule has 3 unspecified atom stereocenters. The molecule has 3 saturated carbocycles. The highest BCUT2D eigenvalue weighted by molar-refractivity contribution is 5.32. The molecule has 3 fully saturated rings. The standard InChI is InChI=1S/C30H50O/c1-20(2)10-9-11-21(3)22-14-18-30(8)24-12-13-25-27(4,5)26(31)16-17-28(25,6)23(24)15-19-29(22,30)7/h10,15,21-22,24-26,31H,9,11-14,16-19H2,1-8H3/t21?,22-,24?,25?,26+,28-,29-,30+/m1/s1. The number of hydrogen-bond acceptors (Lipinski definition) is 1. The lowest BCUT2D eigenvalue weighted by molar-refractivity contribution is -0.118. The molecular weight excluding hydrogens is 376 g/mol. The molecule has 0 aliphatic heterocycles. The molecule has 0 heterocycles. The van der Waals surface area contributed by atoms with E-state index in [1.54, 1.807) is 5.57 Å². The van der Waals surface area contributed by atoms with Gasteiger partial charge >= 0.3 is 0 Å². The highest BCUT2D eigenvalue weighted by Gasteiger charge is 2.65. The average Bonchev–Trinajstić information content (AvgIpc) is 2.96. The zero-order valence-corrected chi connectivity index (χ0v) is 21.9. The van der Waals surface area contributed by atoms with Gasteiger partial charge in [-0.05, 0) is 117 Å². The third-order valence-electron chi connectivity index (χ3n) is 11.7. The molecule has 0 radical (unpaired) electrons. The second-order valence-electron chi connectivity index (χ2n) is 13.7. The summed E-state index contributed by atoms with van der Waals surface area (Å²) in [5.74, 6) is 3.05. The Morgan fingerprint density at radius 3 is 2.42 bits per heavy atom. The van der Waals surface area contributed by atoms with E-state index in [2.05, 4.69) is 67.5 Å². The highest BCUT2D eigenvalue weighted by Crippen LogP contribution is 2.73. The predicted molar refractivity (Wildman–Crippen MR) is 133 cm³/mol. The van der Waals surface area contributed by atoms with Gasteiger partial charge in [0.2, 0.25) is 0 Å². The number of allylic oxidation sites excluding steroid dienone is 4. The van der Waals surface area contributed by atoms with Crippen LogP contribution in [0.2, 0.25) is 0 Å². The minimum Gasteiger partial charge on any atom is -0.393 e. The predicted octanol–water partition coefficient (Wildman–Crippen LogP) is 8.34. The van der Waals surface area contributed by atoms with Crippen LogP contribution in [0.1, 0.15) is 113 Å². The molecule has 1 N–H and O–H groups in total. The molecule has 0 aromatic heterocycles. The SMILES string of the molecule is CC(C)=CCCC(C)[C@H]1CC[C@@]2(C)C3CCC4C(C)(C)[C@@H](O)CC[C@]4(C)C3=CC[C@]12C. The van der Waals surface area contributed by atoms with Crippen molar-refractivity contribution in [3.63, 3.8) is 0 Å². The van der Waals surface area contributed by atoms with Gasteiger partial charge in [0.1, 0.15) is 0 Å². The van der Waals surface area contributed by atoms with Gasteiger partial charge in [-0.1, -0.05) is 64.8 Å². The maximum atomic E-state index is 10.8. The molecule has 8 atom stereocenters. The van der Waals surface area contributed by atoms with Gasteiger partial charge in [-0.3, -0.25) is 0 Å². The zero-order valence-electron chi connectivity index (χ0n) is 21.9. The molecule has 4 rings (SSSR count). The van der Waals surface area contributed by atoms with E-state index in [1.165, 1.54) is 56.9 Å². The average molecular weight is 427 g/mol. The van der Waals surface area contributed by atoms with Crippen molar-refractivity contribution in [1.29, 1.82) is 0 Å². The van der Waals surface area contributed by atoms with Crippen molar-refractivity contribution in [2.24, 2.45) is 45.3 Å². The fraction of sp³-hybridized carbons (Fsp3) is 0.867. The minimum absolute atomic E-state index is 0.0398. The largest absolute Gasteiger partial charge is 0.393 e. The van der Waals surface area contributed by atoms with Crippen molar-refractivity contribution in [2.45, 2.75) is 119 Å². The lowest BCUT2D eigenvalue weighted by Gasteiger charge is -2.64. The summed E-state index contributed by atoms with van der Waals surface area (Å²) in [6, 6.07) is 0. The fourth-order valence-electron chi connectivity index (χ4n) is 9.51. The van der Waals surface area contributed by atoms with Crippen LogP contribution < -0.4 is 0 Å². The second-order valence-corrected chi connectivity index (χ2v) is 13.7. The van der Waals surface area contributed by atoms with Crippen LogP contribution in [-0.4, -0.2) is 11.2 Å². The molecular formula is C30H50O. The van der Waals surface area contributed by atoms with Gasteiger partial charge in [-0.2, -0.15) is 0 Å². The quantitative estimate of drug-likeness (QED) is 0.448. The van der Waals surface area contributed by atoms with Crippen LogP contribution in [0.25, 0.3) is 0 Å². The zero-order chi connectivity index (χ0) is 22.8. The topological polar surface area (TPSA) is 20.2 Å². The van der Waals surface area contributed by atoms with Gasteiger partial charge in [-0.15, -0.1) is 0 Å². The Kier molecular flexibility index (Phi) is 5.90. The normalized spacial score (nSPS) is 46.9. The van der Waals surface area contributed by atoms with Crippen molar-refractivity contribution in [2.75, 3.05) is 0 Å². The first-order valence-corrected chi connectivity index (χ1v) is 13.4. The third-order valence-corrected chi connectivity index (χ3v) is 11.7. The van der Waals surface area contributed by atoms with Crippen LogP contribution in [0, 0.1) is 45.3 Å². The van der Waals surface area contributed by atoms with Crippen molar-refractivity contribution in [3.05, 3.63) is 23.3 Å². The molecule has 0 bridgehead atoms. The molecule has 4 aliphatic carbocycles. The van der Waals surface area contributed by atoms with Crippen molar-refractivity contribution in [1.82, 2.24) is 0 Å². The summed E-state index contributed by atoms with van der Waals surface area (Å²) in [4.78, 5) is 0. The van der Waals surface area contributed by atoms with Crippen LogP contribution in [0.15, 0.2) is 23.3 Å². The number of aliphatic hydroxyl groups excluding tert-OH is 1. The van der Waals surface area contributed by atoms with Gasteiger partial charge in [0.15, 0.2) is 0 Å². The molecule has 0 aromatic rings. The summed E-state index contributed by atoms with van der Waals surface area (Å²) in [7, 11) is 0. The van der Waals surface area contributed by atoms with Crippen LogP contribution in [0.4, 0.5) is 0 Å². The summed E-state index contributed by atoms with van der Waals surface area (Å²) in [6.45, 7) is 19.6. The molecule has 4 aliphatic rings. The summed E-state index contributed by atoms with van der Waals surface area (Å²) >= 11 is 0. The monoisotopic (exact) mass is 426 g/mol. The van der Waals surface area contributed by atoms with E-state index in [-0.39, 0.29) is 11.5 Å². The Balaban J connectivity index is 1.63. The van der Waals surface area contributed by atoms with Gasteiger partial charge in [-0.25, -0.2) is 0 Å². The molecule has 0 spiro atoms. The van der Waals surface area contributed by atoms with E-state index < -0.39 is 0 Å². The van der Waals surface area contributed by atoms with E-state index in [9.17, 15) is 5.11 Å². The van der Waals surface area contributed by atoms with Crippen LogP contribution in [0.3, 0.4) is 0 Å². The van der Waals surface area contributed by atoms with Crippen LogP contribution in [-0.2, 0) is 0 Å². The first-order chi connectivity index (χ1) is 14.4. The van der Waals surface area contributed by atoms with Gasteiger partial charge in [0, 0.05) is 0 Å². The van der Waals surface area contributed by atoms with E-state index in [0.29, 0.717) is 22.2 Å². The number of rotatable bonds is 4. The second kappa shape index (κ2) is 7.75. The molecule has 0 amide bonds. The lowest BCUT2D eigenvalue weighted by Crippen LogP contribution is -2.57. The van der Waals surface area contributed by atoms with E-state index in [1.807, 2.05) is 0 Å². The van der Waals surface area contributed by atoms with Gasteiger partial charge in [0.25, 0.3) is 0 Å². The van der Waals surface area contributed by atoms with E-state index in [0.717, 1.165) is 24.2 Å². The van der Waals surface area contributed by atoms with E-state index >= 15 is 0 Å². The Morgan fingerprint density at radius 2 is 1.74 bits per heavy atom. The smallest absolute Gasteiger partial charge is 0.0594 e. The Labute approximate surface area is 193 Å². The Bertz CT molecular complexity index is 754. The Hall–Kier alpha value is -0.560. The highest BCUT2D eigenvalue weighted by atomic mass is 16.3. The summed E-state index contributed by atoms with van der Waals surface area (Å²) in [6.07, 6.45) is 16.5. The summed E-state index contributed by atoms with van der Waals surface area (Å²) in [5, 5.41) is 10.8. The summed E-state index contributed by atoms with van der Waals surface area (Å²) < 4.78 is 0. The number of hydrogen-bond donors (Lipinski definition) is 1. The first kappa shape index (κ1) is 23.6. The minimum atomic E-state index is -0.135. The van der Waals surface area contributed by atoms with E-state index in [4.69, 9.17) is 0 Å². The molecule has 0 saturated heterocycles. The Morgan fingerprint density at radius 1 is 1.03 bits per heavy atom. The molecule has 1 nitrogen and oxygen atoms in total. The van der Waals surface area contributed by atoms with Crippen molar-refractivity contribution < 1.29 is 5.11 Å². The molecule has 0 aromatic carbocycles. The third kappa shape index (κ3) is 3.34. The molecule has 31 heavy (non-hydrogen) atoms. The number of fused-ring (bicyclic) bond motifs is 5. The molecule has 176 valence electrons. The van der Waals surface area contributed by atoms with Crippen molar-refractivity contribution >= 4 is 0 Å². The maximum absolute atomic E-state index is 10.8. The fourth-order valence-corrected chi connectivity index (χ4v) is 9.51. The lowest BCUT2D eigenvalue weighted by atomic mass is 9.41. The van der Waals surface area contributed by atoms with Gasteiger partial charge < -0.3 is 5.11 Å². The van der Waals surface area contributed by atoms with Crippen LogP contribution in [0.5, 0.6) is 0 Å². The summed E-state index contributed by atoms with van der Waals surface area (Å²) in [5.41, 5.74) is 4.49. The van der Waals surface area contributed by atoms with Crippen molar-refractivity contribution in [3.8, 4) is 0 Å². The number of aliphatic hydroxyl groups is 1. The van der Waals surface area contributed by atoms with Gasteiger partial charge in [0.05, 0.1) is 6.10 Å². The first-order valence-electron chi connectivity index (χ1n) is 13.4. The maximum Gasteiger partial charge on any atom is 0.0594 e. The molecule has 1 heteroatoms. The van der Waals surface area contributed by atoms with Crippen LogP contribution >= 0.6 is 0 Å².